The van der Waals surface area contributed by atoms with Crippen molar-refractivity contribution in [2.75, 3.05) is 13.1 Å². The highest BCUT2D eigenvalue weighted by atomic mass is 35.5. The Hall–Kier alpha value is -1.36. The predicted molar refractivity (Wildman–Crippen MR) is 84.7 cm³/mol. The highest BCUT2D eigenvalue weighted by Gasteiger charge is 2.26. The summed E-state index contributed by atoms with van der Waals surface area (Å²) >= 11 is 0. The molecule has 2 aromatic rings. The molecule has 1 fully saturated rings. The molecule has 108 valence electrons. The first-order valence-corrected chi connectivity index (χ1v) is 6.14. The van der Waals surface area contributed by atoms with E-state index in [1.165, 1.54) is 0 Å². The van der Waals surface area contributed by atoms with E-state index in [1.807, 2.05) is 30.3 Å². The number of halogens is 2. The zero-order valence-corrected chi connectivity index (χ0v) is 12.5. The van der Waals surface area contributed by atoms with E-state index in [0.29, 0.717) is 12.2 Å². The van der Waals surface area contributed by atoms with E-state index in [1.54, 1.807) is 11.1 Å². The Morgan fingerprint density at radius 3 is 2.70 bits per heavy atom. The van der Waals surface area contributed by atoms with Crippen molar-refractivity contribution < 1.29 is 4.79 Å². The summed E-state index contributed by atoms with van der Waals surface area (Å²) in [6.07, 6.45) is 2.56. The Bertz CT molecular complexity index is 600. The van der Waals surface area contributed by atoms with E-state index in [0.717, 1.165) is 23.7 Å². The monoisotopic (exact) mass is 313 g/mol. The van der Waals surface area contributed by atoms with Crippen LogP contribution in [0.2, 0.25) is 0 Å². The van der Waals surface area contributed by atoms with Gasteiger partial charge in [0.05, 0.1) is 0 Å². The number of amides is 1. The number of nitrogens with two attached hydrogens (primary N) is 1. The molecule has 2 N–H and O–H groups in total. The smallest absolute Gasteiger partial charge is 0.273 e. The van der Waals surface area contributed by atoms with Gasteiger partial charge in [0.2, 0.25) is 0 Å². The largest absolute Gasteiger partial charge is 0.336 e. The number of benzene rings is 1. The summed E-state index contributed by atoms with van der Waals surface area (Å²) in [7, 11) is 0. The summed E-state index contributed by atoms with van der Waals surface area (Å²) in [5.41, 5.74) is 6.37. The minimum Gasteiger partial charge on any atom is -0.336 e. The Balaban J connectivity index is 0.000001000. The third kappa shape index (κ3) is 3.03. The summed E-state index contributed by atoms with van der Waals surface area (Å²) in [5.74, 6) is -0.0141. The summed E-state index contributed by atoms with van der Waals surface area (Å²) < 4.78 is 0. The van der Waals surface area contributed by atoms with Gasteiger partial charge in [0, 0.05) is 30.7 Å². The maximum atomic E-state index is 12.4. The van der Waals surface area contributed by atoms with Crippen LogP contribution < -0.4 is 5.73 Å². The van der Waals surface area contributed by atoms with Crippen molar-refractivity contribution in [1.29, 1.82) is 0 Å². The summed E-state index contributed by atoms with van der Waals surface area (Å²) in [5, 5.41) is 1.95. The van der Waals surface area contributed by atoms with Crippen molar-refractivity contribution in [2.24, 2.45) is 5.73 Å². The molecule has 1 saturated heterocycles. The number of carbonyl (C=O) groups is 1. The molecule has 1 aliphatic rings. The number of pyridine rings is 1. The first-order valence-electron chi connectivity index (χ1n) is 6.14. The lowest BCUT2D eigenvalue weighted by atomic mass is 10.1. The Labute approximate surface area is 130 Å². The van der Waals surface area contributed by atoms with E-state index < -0.39 is 0 Å². The third-order valence-electron chi connectivity index (χ3n) is 3.39. The highest BCUT2D eigenvalue weighted by molar-refractivity contribution is 6.05. The number of fused-ring (bicyclic) bond motifs is 1. The van der Waals surface area contributed by atoms with Gasteiger partial charge in [-0.05, 0) is 17.9 Å². The zero-order chi connectivity index (χ0) is 12.5. The third-order valence-corrected chi connectivity index (χ3v) is 3.39. The fraction of sp³-hybridized carbons (Fsp3) is 0.286. The molecule has 1 aromatic carbocycles. The van der Waals surface area contributed by atoms with E-state index in [9.17, 15) is 4.79 Å². The lowest BCUT2D eigenvalue weighted by Crippen LogP contribution is -2.32. The van der Waals surface area contributed by atoms with Gasteiger partial charge in [0.25, 0.3) is 5.91 Å². The summed E-state index contributed by atoms with van der Waals surface area (Å²) in [6, 6.07) is 9.83. The van der Waals surface area contributed by atoms with Gasteiger partial charge in [-0.3, -0.25) is 9.78 Å². The van der Waals surface area contributed by atoms with Gasteiger partial charge in [-0.1, -0.05) is 24.3 Å². The lowest BCUT2D eigenvalue weighted by Gasteiger charge is -2.16. The van der Waals surface area contributed by atoms with Gasteiger partial charge < -0.3 is 10.6 Å². The second-order valence-corrected chi connectivity index (χ2v) is 4.68. The predicted octanol–water partition coefficient (Wildman–Crippen LogP) is 2.25. The van der Waals surface area contributed by atoms with Crippen molar-refractivity contribution in [2.45, 2.75) is 12.5 Å². The molecule has 1 aromatic heterocycles. The molecule has 2 heterocycles. The van der Waals surface area contributed by atoms with Crippen molar-refractivity contribution in [3.63, 3.8) is 0 Å². The minimum absolute atomic E-state index is 0. The quantitative estimate of drug-likeness (QED) is 0.878. The van der Waals surface area contributed by atoms with Crippen LogP contribution in [0.3, 0.4) is 0 Å². The fourth-order valence-corrected chi connectivity index (χ4v) is 2.41. The van der Waals surface area contributed by atoms with Crippen LogP contribution in [0.4, 0.5) is 0 Å². The van der Waals surface area contributed by atoms with Crippen LogP contribution in [0.1, 0.15) is 16.9 Å². The Morgan fingerprint density at radius 2 is 2.00 bits per heavy atom. The highest BCUT2D eigenvalue weighted by Crippen LogP contribution is 2.19. The van der Waals surface area contributed by atoms with Crippen LogP contribution in [0.5, 0.6) is 0 Å². The maximum absolute atomic E-state index is 12.4. The summed E-state index contributed by atoms with van der Waals surface area (Å²) in [4.78, 5) is 18.4. The standard InChI is InChI=1S/C14H15N3O.2ClH/c15-11-6-8-17(9-11)14(18)13-12-4-2-1-3-10(12)5-7-16-13;;/h1-5,7,11H,6,8-9,15H2;2*1H/t11-;;/m1../s1. The molecule has 1 amide bonds. The van der Waals surface area contributed by atoms with Crippen LogP contribution in [-0.4, -0.2) is 34.9 Å². The second kappa shape index (κ2) is 6.88. The minimum atomic E-state index is -0.0141. The number of aromatic nitrogens is 1. The maximum Gasteiger partial charge on any atom is 0.273 e. The second-order valence-electron chi connectivity index (χ2n) is 4.68. The molecular formula is C14H17Cl2N3O. The van der Waals surface area contributed by atoms with Gasteiger partial charge in [-0.15, -0.1) is 24.8 Å². The average molecular weight is 314 g/mol. The Kier molecular flexibility index (Phi) is 5.74. The van der Waals surface area contributed by atoms with E-state index in [-0.39, 0.29) is 36.8 Å². The molecule has 20 heavy (non-hydrogen) atoms. The molecule has 1 atom stereocenters. The van der Waals surface area contributed by atoms with Crippen LogP contribution in [-0.2, 0) is 0 Å². The number of carbonyl (C=O) groups excluding carboxylic acids is 1. The van der Waals surface area contributed by atoms with Crippen molar-refractivity contribution in [1.82, 2.24) is 9.88 Å². The van der Waals surface area contributed by atoms with E-state index >= 15 is 0 Å². The van der Waals surface area contributed by atoms with Crippen LogP contribution in [0.25, 0.3) is 10.8 Å². The molecule has 6 heteroatoms. The van der Waals surface area contributed by atoms with Gasteiger partial charge in [-0.2, -0.15) is 0 Å². The summed E-state index contributed by atoms with van der Waals surface area (Å²) in [6.45, 7) is 1.36. The first kappa shape index (κ1) is 16.7. The van der Waals surface area contributed by atoms with Gasteiger partial charge >= 0.3 is 0 Å². The molecule has 0 aliphatic carbocycles. The molecular weight excluding hydrogens is 297 g/mol. The number of hydrogen-bond acceptors (Lipinski definition) is 3. The molecule has 0 bridgehead atoms. The average Bonchev–Trinajstić information content (AvgIpc) is 2.84. The molecule has 4 nitrogen and oxygen atoms in total. The molecule has 0 saturated carbocycles. The number of hydrogen-bond donors (Lipinski definition) is 1. The fourth-order valence-electron chi connectivity index (χ4n) is 2.41. The molecule has 0 unspecified atom stereocenters. The van der Waals surface area contributed by atoms with Crippen LogP contribution >= 0.6 is 24.8 Å². The number of likely N-dealkylation sites (tertiary alicyclic amines) is 1. The van der Waals surface area contributed by atoms with Gasteiger partial charge in [-0.25, -0.2) is 0 Å². The van der Waals surface area contributed by atoms with Crippen LogP contribution in [0.15, 0.2) is 36.5 Å². The number of nitrogens with zero attached hydrogens (tertiary/aromatic N) is 2. The molecule has 0 radical (unpaired) electrons. The molecule has 1 aliphatic heterocycles. The van der Waals surface area contributed by atoms with Crippen molar-refractivity contribution >= 4 is 41.5 Å². The van der Waals surface area contributed by atoms with Gasteiger partial charge in [0.1, 0.15) is 5.69 Å². The van der Waals surface area contributed by atoms with E-state index in [4.69, 9.17) is 5.73 Å². The zero-order valence-electron chi connectivity index (χ0n) is 10.9. The van der Waals surface area contributed by atoms with Crippen LogP contribution in [0, 0.1) is 0 Å². The topological polar surface area (TPSA) is 59.2 Å². The normalized spacial score (nSPS) is 17.4. The van der Waals surface area contributed by atoms with E-state index in [2.05, 4.69) is 4.98 Å². The Morgan fingerprint density at radius 1 is 1.25 bits per heavy atom. The molecule has 3 rings (SSSR count). The molecule has 0 spiro atoms. The number of rotatable bonds is 1. The van der Waals surface area contributed by atoms with Crippen molar-refractivity contribution in [3.8, 4) is 0 Å². The SMILES string of the molecule is Cl.Cl.N[C@@H]1CCN(C(=O)c2nccc3ccccc23)C1. The van der Waals surface area contributed by atoms with Gasteiger partial charge in [0.15, 0.2) is 0 Å². The van der Waals surface area contributed by atoms with Crippen molar-refractivity contribution in [3.05, 3.63) is 42.2 Å². The first-order chi connectivity index (χ1) is 8.75. The lowest BCUT2D eigenvalue weighted by molar-refractivity contribution is 0.0787.